The summed E-state index contributed by atoms with van der Waals surface area (Å²) in [5, 5.41) is 8.44. The summed E-state index contributed by atoms with van der Waals surface area (Å²) in [6.45, 7) is 0.736. The van der Waals surface area contributed by atoms with Crippen molar-refractivity contribution >= 4 is 5.78 Å². The maximum absolute atomic E-state index is 5.87. The molecule has 2 heterocycles. The van der Waals surface area contributed by atoms with Crippen LogP contribution in [-0.4, -0.2) is 26.1 Å². The van der Waals surface area contributed by atoms with E-state index in [0.29, 0.717) is 17.6 Å². The van der Waals surface area contributed by atoms with E-state index in [-0.39, 0.29) is 0 Å². The summed E-state index contributed by atoms with van der Waals surface area (Å²) in [5.41, 5.74) is 5.87. The summed E-state index contributed by atoms with van der Waals surface area (Å²) in [4.78, 5) is 4.21. The number of nitrogens with zero attached hydrogens (tertiary/aromatic N) is 4. The Morgan fingerprint density at radius 2 is 2.18 bits per heavy atom. The van der Waals surface area contributed by atoms with Gasteiger partial charge in [0.25, 0.3) is 5.78 Å². The molecule has 0 radical (unpaired) electrons. The summed E-state index contributed by atoms with van der Waals surface area (Å²) in [6, 6.07) is 1.92. The third kappa shape index (κ3) is 1.80. The van der Waals surface area contributed by atoms with E-state index in [2.05, 4.69) is 15.2 Å². The zero-order valence-corrected chi connectivity index (χ0v) is 9.79. The zero-order valence-electron chi connectivity index (χ0n) is 9.79. The molecule has 1 aliphatic carbocycles. The Kier molecular flexibility index (Phi) is 2.76. The third-order valence-electron chi connectivity index (χ3n) is 3.76. The second-order valence-electron chi connectivity index (χ2n) is 4.73. The van der Waals surface area contributed by atoms with Gasteiger partial charge in [0.15, 0.2) is 0 Å². The van der Waals surface area contributed by atoms with Crippen LogP contribution in [0, 0.1) is 5.92 Å². The molecule has 2 aromatic rings. The number of aromatic nitrogens is 4. The van der Waals surface area contributed by atoms with Crippen molar-refractivity contribution in [2.45, 2.75) is 31.6 Å². The number of fused-ring (bicyclic) bond motifs is 1. The van der Waals surface area contributed by atoms with Crippen LogP contribution in [0.25, 0.3) is 5.78 Å². The Morgan fingerprint density at radius 1 is 1.29 bits per heavy atom. The highest BCUT2D eigenvalue weighted by atomic mass is 15.3. The second kappa shape index (κ2) is 4.41. The predicted octanol–water partition coefficient (Wildman–Crippen LogP) is 1.36. The first kappa shape index (κ1) is 10.7. The molecule has 17 heavy (non-hydrogen) atoms. The van der Waals surface area contributed by atoms with Crippen LogP contribution in [0.15, 0.2) is 18.5 Å². The van der Waals surface area contributed by atoms with Gasteiger partial charge in [-0.3, -0.25) is 4.40 Å². The number of rotatable bonds is 2. The highest BCUT2D eigenvalue weighted by Gasteiger charge is 2.29. The van der Waals surface area contributed by atoms with Crippen molar-refractivity contribution in [1.82, 2.24) is 19.6 Å². The summed E-state index contributed by atoms with van der Waals surface area (Å²) < 4.78 is 2.00. The predicted molar refractivity (Wildman–Crippen MR) is 64.5 cm³/mol. The third-order valence-corrected chi connectivity index (χ3v) is 3.76. The molecule has 2 atom stereocenters. The lowest BCUT2D eigenvalue weighted by Crippen LogP contribution is -2.26. The van der Waals surface area contributed by atoms with Gasteiger partial charge in [-0.15, -0.1) is 10.2 Å². The molecule has 90 valence electrons. The molecule has 0 spiro atoms. The fourth-order valence-corrected chi connectivity index (χ4v) is 2.84. The topological polar surface area (TPSA) is 69.1 Å². The fraction of sp³-hybridized carbons (Fsp3) is 0.583. The summed E-state index contributed by atoms with van der Waals surface area (Å²) in [5.74, 6) is 2.69. The number of hydrogen-bond acceptors (Lipinski definition) is 4. The smallest absolute Gasteiger partial charge is 0.254 e. The molecule has 5 nitrogen and oxygen atoms in total. The van der Waals surface area contributed by atoms with Crippen molar-refractivity contribution < 1.29 is 0 Å². The van der Waals surface area contributed by atoms with E-state index in [4.69, 9.17) is 5.73 Å². The Morgan fingerprint density at radius 3 is 3.06 bits per heavy atom. The fourth-order valence-electron chi connectivity index (χ4n) is 2.84. The first-order valence-electron chi connectivity index (χ1n) is 6.26. The van der Waals surface area contributed by atoms with E-state index in [9.17, 15) is 0 Å². The summed E-state index contributed by atoms with van der Waals surface area (Å²) >= 11 is 0. The molecule has 5 heteroatoms. The van der Waals surface area contributed by atoms with Gasteiger partial charge in [0, 0.05) is 18.3 Å². The van der Waals surface area contributed by atoms with E-state index in [1.165, 1.54) is 19.3 Å². The van der Waals surface area contributed by atoms with E-state index in [1.807, 2.05) is 16.7 Å². The molecule has 0 aliphatic heterocycles. The maximum atomic E-state index is 5.87. The average Bonchev–Trinajstić information content (AvgIpc) is 2.82. The normalized spacial score (nSPS) is 25.2. The minimum absolute atomic E-state index is 0.438. The van der Waals surface area contributed by atoms with Gasteiger partial charge in [0.1, 0.15) is 5.82 Å². The van der Waals surface area contributed by atoms with Gasteiger partial charge in [0.05, 0.1) is 0 Å². The number of hydrogen-bond donors (Lipinski definition) is 1. The monoisotopic (exact) mass is 231 g/mol. The largest absolute Gasteiger partial charge is 0.330 e. The first-order valence-corrected chi connectivity index (χ1v) is 6.26. The van der Waals surface area contributed by atoms with Crippen LogP contribution in [-0.2, 0) is 0 Å². The van der Waals surface area contributed by atoms with E-state index < -0.39 is 0 Å². The molecule has 2 N–H and O–H groups in total. The lowest BCUT2D eigenvalue weighted by atomic mass is 9.79. The Bertz CT molecular complexity index is 506. The molecule has 2 aromatic heterocycles. The lowest BCUT2D eigenvalue weighted by molar-refractivity contribution is 0.303. The SMILES string of the molecule is NCC1CCCCC1c1nnc2ncccn12. The van der Waals surface area contributed by atoms with Crippen LogP contribution < -0.4 is 5.73 Å². The molecule has 0 aromatic carbocycles. The summed E-state index contributed by atoms with van der Waals surface area (Å²) in [6.07, 6.45) is 8.65. The minimum atomic E-state index is 0.438. The number of nitrogens with two attached hydrogens (primary N) is 1. The highest BCUT2D eigenvalue weighted by molar-refractivity contribution is 5.27. The van der Waals surface area contributed by atoms with Crippen LogP contribution in [0.4, 0.5) is 0 Å². The van der Waals surface area contributed by atoms with Gasteiger partial charge in [-0.05, 0) is 31.4 Å². The van der Waals surface area contributed by atoms with Crippen molar-refractivity contribution in [3.63, 3.8) is 0 Å². The average molecular weight is 231 g/mol. The Labute approximate surface area is 100 Å². The minimum Gasteiger partial charge on any atom is -0.330 e. The van der Waals surface area contributed by atoms with Crippen LogP contribution in [0.3, 0.4) is 0 Å². The molecule has 0 saturated heterocycles. The van der Waals surface area contributed by atoms with Gasteiger partial charge in [-0.2, -0.15) is 0 Å². The lowest BCUT2D eigenvalue weighted by Gasteiger charge is -2.29. The second-order valence-corrected chi connectivity index (χ2v) is 4.73. The molecule has 2 unspecified atom stereocenters. The molecule has 3 rings (SSSR count). The van der Waals surface area contributed by atoms with Crippen molar-refractivity contribution in [3.8, 4) is 0 Å². The van der Waals surface area contributed by atoms with E-state index in [1.54, 1.807) is 6.20 Å². The molecule has 0 amide bonds. The van der Waals surface area contributed by atoms with Crippen molar-refractivity contribution in [1.29, 1.82) is 0 Å². The van der Waals surface area contributed by atoms with Crippen LogP contribution in [0.2, 0.25) is 0 Å². The van der Waals surface area contributed by atoms with Gasteiger partial charge in [0.2, 0.25) is 0 Å². The zero-order chi connectivity index (χ0) is 11.7. The quantitative estimate of drug-likeness (QED) is 0.847. The van der Waals surface area contributed by atoms with Gasteiger partial charge in [-0.25, -0.2) is 4.98 Å². The van der Waals surface area contributed by atoms with Crippen molar-refractivity contribution in [3.05, 3.63) is 24.3 Å². The van der Waals surface area contributed by atoms with Crippen LogP contribution >= 0.6 is 0 Å². The Balaban J connectivity index is 2.01. The van der Waals surface area contributed by atoms with Crippen molar-refractivity contribution in [2.24, 2.45) is 11.7 Å². The van der Waals surface area contributed by atoms with E-state index >= 15 is 0 Å². The van der Waals surface area contributed by atoms with Gasteiger partial charge >= 0.3 is 0 Å². The van der Waals surface area contributed by atoms with Crippen LogP contribution in [0.5, 0.6) is 0 Å². The summed E-state index contributed by atoms with van der Waals surface area (Å²) in [7, 11) is 0. The van der Waals surface area contributed by atoms with Crippen molar-refractivity contribution in [2.75, 3.05) is 6.54 Å². The van der Waals surface area contributed by atoms with Crippen LogP contribution in [0.1, 0.15) is 37.4 Å². The van der Waals surface area contributed by atoms with Gasteiger partial charge in [-0.1, -0.05) is 12.8 Å². The highest BCUT2D eigenvalue weighted by Crippen LogP contribution is 2.36. The molecule has 0 bridgehead atoms. The molecular weight excluding hydrogens is 214 g/mol. The maximum Gasteiger partial charge on any atom is 0.254 e. The molecule has 1 aliphatic rings. The Hall–Kier alpha value is -1.49. The first-order chi connectivity index (χ1) is 8.40. The standard InChI is InChI=1S/C12H17N5/c13-8-9-4-1-2-5-10(9)11-15-16-12-14-6-3-7-17(11)12/h3,6-7,9-10H,1-2,4-5,8,13H2. The van der Waals surface area contributed by atoms with Gasteiger partial charge < -0.3 is 5.73 Å². The van der Waals surface area contributed by atoms with E-state index in [0.717, 1.165) is 18.8 Å². The molecule has 1 saturated carbocycles. The molecular formula is C12H17N5. The molecule has 1 fully saturated rings.